The van der Waals surface area contributed by atoms with E-state index in [1.54, 1.807) is 12.3 Å². The van der Waals surface area contributed by atoms with E-state index < -0.39 is 0 Å². The highest BCUT2D eigenvalue weighted by molar-refractivity contribution is 6.35. The molecular weight excluding hydrogens is 462 g/mol. The summed E-state index contributed by atoms with van der Waals surface area (Å²) in [6, 6.07) is 11.8. The van der Waals surface area contributed by atoms with Crippen LogP contribution in [0, 0.1) is 13.8 Å². The second-order valence-electron chi connectivity index (χ2n) is 8.84. The van der Waals surface area contributed by atoms with Crippen molar-refractivity contribution >= 4 is 39.1 Å². The van der Waals surface area contributed by atoms with Gasteiger partial charge < -0.3 is 19.8 Å². The molecule has 2 aromatic carbocycles. The molecule has 1 fully saturated rings. The number of benzene rings is 2. The van der Waals surface area contributed by atoms with E-state index in [1.165, 1.54) is 5.69 Å². The van der Waals surface area contributed by atoms with Crippen molar-refractivity contribution in [3.63, 3.8) is 0 Å². The third-order valence-electron chi connectivity index (χ3n) is 6.55. The maximum atomic E-state index is 9.40. The van der Waals surface area contributed by atoms with Crippen LogP contribution in [0.5, 0.6) is 0 Å². The van der Waals surface area contributed by atoms with Gasteiger partial charge >= 0.3 is 0 Å². The number of hydrogen-bond acceptors (Lipinski definition) is 6. The third-order valence-corrected chi connectivity index (χ3v) is 6.88. The Hall–Kier alpha value is -2.77. The summed E-state index contributed by atoms with van der Waals surface area (Å²) in [4.78, 5) is 11.0. The number of fused-ring (bicyclic) bond motifs is 2. The van der Waals surface area contributed by atoms with Gasteiger partial charge in [0.1, 0.15) is 0 Å². The molecule has 3 heterocycles. The van der Waals surface area contributed by atoms with Crippen molar-refractivity contribution in [3.05, 3.63) is 76.1 Å². The van der Waals surface area contributed by atoms with Crippen LogP contribution >= 0.6 is 11.6 Å². The molecule has 0 radical (unpaired) electrons. The number of hydrogen-bond donors (Lipinski definition) is 2. The first kappa shape index (κ1) is 25.3. The minimum atomic E-state index is 0.0377. The maximum Gasteiger partial charge on any atom is 0.0766 e. The lowest BCUT2D eigenvalue weighted by Crippen LogP contribution is -2.23. The number of aromatic nitrogens is 2. The molecule has 2 aromatic heterocycles. The number of aliphatic hydroxyl groups is 2. The Morgan fingerprint density at radius 1 is 0.943 bits per heavy atom. The summed E-state index contributed by atoms with van der Waals surface area (Å²) in [5.74, 6) is 0. The molecule has 2 N–H and O–H groups in total. The van der Waals surface area contributed by atoms with Crippen LogP contribution < -0.4 is 4.90 Å². The van der Waals surface area contributed by atoms with Crippen LogP contribution in [0.1, 0.15) is 35.6 Å². The molecule has 5 rings (SSSR count). The first-order valence-electron chi connectivity index (χ1n) is 11.9. The molecule has 0 amide bonds. The van der Waals surface area contributed by atoms with Gasteiger partial charge in [-0.05, 0) is 85.8 Å². The second kappa shape index (κ2) is 11.3. The van der Waals surface area contributed by atoms with Crippen molar-refractivity contribution in [3.8, 4) is 0 Å². The maximum absolute atomic E-state index is 9.40. The van der Waals surface area contributed by atoms with Gasteiger partial charge in [0, 0.05) is 48.5 Å². The topological polar surface area (TPSA) is 78.7 Å². The summed E-state index contributed by atoms with van der Waals surface area (Å²) in [5.41, 5.74) is 6.98. The molecular formula is C28H32ClN3O3. The summed E-state index contributed by atoms with van der Waals surface area (Å²) in [5, 5.41) is 21.3. The Labute approximate surface area is 211 Å². The van der Waals surface area contributed by atoms with Crippen LogP contribution in [0.2, 0.25) is 5.02 Å². The average Bonchev–Trinajstić information content (AvgIpc) is 3.32. The molecule has 1 aliphatic rings. The lowest BCUT2D eigenvalue weighted by molar-refractivity contribution is 0.0788. The van der Waals surface area contributed by atoms with Gasteiger partial charge in [-0.2, -0.15) is 0 Å². The zero-order valence-corrected chi connectivity index (χ0v) is 21.2. The smallest absolute Gasteiger partial charge is 0.0766 e. The van der Waals surface area contributed by atoms with Crippen molar-refractivity contribution in [2.45, 2.75) is 46.5 Å². The molecule has 7 heteroatoms. The van der Waals surface area contributed by atoms with Crippen molar-refractivity contribution in [1.29, 1.82) is 0 Å². The van der Waals surface area contributed by atoms with Gasteiger partial charge in [0.15, 0.2) is 0 Å². The number of aryl methyl sites for hydroxylation is 2. The van der Waals surface area contributed by atoms with Gasteiger partial charge in [-0.15, -0.1) is 0 Å². The van der Waals surface area contributed by atoms with E-state index >= 15 is 0 Å². The van der Waals surface area contributed by atoms with E-state index in [-0.39, 0.29) is 13.2 Å². The SMILES string of the molecule is CCO[C@H]1CCN(c2ccnc3cc(CO)c(C)cc23)C1.Cc1cc2c(Cl)ccnc2cc1CO. The largest absolute Gasteiger partial charge is 0.392 e. The van der Waals surface area contributed by atoms with Gasteiger partial charge in [-0.1, -0.05) is 11.6 Å². The monoisotopic (exact) mass is 493 g/mol. The standard InChI is InChI=1S/C17H22N2O2.C11H10ClNO/c1-3-21-14-5-7-19(10-14)17-4-6-18-16-9-13(11-20)12(2)8-15(16)17;1-7-4-9-10(12)2-3-13-11(9)5-8(7)6-14/h4,6,8-9,14,20H,3,5,7,10-11H2,1-2H3;2-5,14H,6H2,1H3/t14-;/m0./s1. The van der Waals surface area contributed by atoms with Crippen LogP contribution in [-0.4, -0.2) is 46.0 Å². The molecule has 0 spiro atoms. The number of aliphatic hydroxyl groups excluding tert-OH is 2. The normalized spacial score (nSPS) is 15.5. The van der Waals surface area contributed by atoms with Gasteiger partial charge in [-0.3, -0.25) is 9.97 Å². The quantitative estimate of drug-likeness (QED) is 0.390. The zero-order valence-electron chi connectivity index (χ0n) is 20.5. The van der Waals surface area contributed by atoms with Crippen molar-refractivity contribution in [1.82, 2.24) is 9.97 Å². The summed E-state index contributed by atoms with van der Waals surface area (Å²) in [7, 11) is 0. The van der Waals surface area contributed by atoms with E-state index in [0.29, 0.717) is 11.1 Å². The van der Waals surface area contributed by atoms with Crippen LogP contribution in [-0.2, 0) is 18.0 Å². The van der Waals surface area contributed by atoms with Crippen molar-refractivity contribution in [2.24, 2.45) is 0 Å². The fourth-order valence-electron chi connectivity index (χ4n) is 4.58. The average molecular weight is 494 g/mol. The van der Waals surface area contributed by atoms with E-state index in [4.69, 9.17) is 21.4 Å². The van der Waals surface area contributed by atoms with Crippen molar-refractivity contribution < 1.29 is 14.9 Å². The Bertz CT molecular complexity index is 1330. The van der Waals surface area contributed by atoms with Crippen LogP contribution in [0.25, 0.3) is 21.8 Å². The molecule has 0 saturated carbocycles. The number of anilines is 1. The molecule has 1 saturated heterocycles. The van der Waals surface area contributed by atoms with Gasteiger partial charge in [0.25, 0.3) is 0 Å². The molecule has 0 unspecified atom stereocenters. The first-order valence-corrected chi connectivity index (χ1v) is 12.3. The summed E-state index contributed by atoms with van der Waals surface area (Å²) in [6.45, 7) is 8.86. The highest BCUT2D eigenvalue weighted by Gasteiger charge is 2.24. The lowest BCUT2D eigenvalue weighted by atomic mass is 10.0. The lowest BCUT2D eigenvalue weighted by Gasteiger charge is -2.21. The summed E-state index contributed by atoms with van der Waals surface area (Å²) >= 11 is 6.02. The molecule has 1 aliphatic heterocycles. The molecule has 0 bridgehead atoms. The minimum Gasteiger partial charge on any atom is -0.392 e. The number of halogens is 1. The van der Waals surface area contributed by atoms with E-state index in [1.807, 2.05) is 45.2 Å². The molecule has 1 atom stereocenters. The number of rotatable bonds is 5. The minimum absolute atomic E-state index is 0.0377. The Balaban J connectivity index is 0.000000179. The highest BCUT2D eigenvalue weighted by Crippen LogP contribution is 2.31. The Morgan fingerprint density at radius 2 is 1.54 bits per heavy atom. The number of ether oxygens (including phenoxy) is 1. The fourth-order valence-corrected chi connectivity index (χ4v) is 4.78. The van der Waals surface area contributed by atoms with Gasteiger partial charge in [0.05, 0.1) is 35.4 Å². The van der Waals surface area contributed by atoms with Crippen LogP contribution in [0.4, 0.5) is 5.69 Å². The van der Waals surface area contributed by atoms with E-state index in [9.17, 15) is 5.11 Å². The first-order chi connectivity index (χ1) is 16.9. The van der Waals surface area contributed by atoms with E-state index in [0.717, 1.165) is 70.2 Å². The Morgan fingerprint density at radius 3 is 2.17 bits per heavy atom. The summed E-state index contributed by atoms with van der Waals surface area (Å²) < 4.78 is 5.74. The highest BCUT2D eigenvalue weighted by atomic mass is 35.5. The van der Waals surface area contributed by atoms with Crippen LogP contribution in [0.15, 0.2) is 48.8 Å². The molecule has 4 aromatic rings. The number of nitrogens with zero attached hydrogens (tertiary/aromatic N) is 3. The second-order valence-corrected chi connectivity index (χ2v) is 9.25. The molecule has 35 heavy (non-hydrogen) atoms. The fraction of sp³-hybridized carbons (Fsp3) is 0.357. The predicted molar refractivity (Wildman–Crippen MR) is 142 cm³/mol. The summed E-state index contributed by atoms with van der Waals surface area (Å²) in [6.07, 6.45) is 4.92. The van der Waals surface area contributed by atoms with Crippen molar-refractivity contribution in [2.75, 3.05) is 24.6 Å². The number of pyridine rings is 2. The molecule has 0 aliphatic carbocycles. The van der Waals surface area contributed by atoms with Gasteiger partial charge in [-0.25, -0.2) is 0 Å². The van der Waals surface area contributed by atoms with E-state index in [2.05, 4.69) is 27.0 Å². The predicted octanol–water partition coefficient (Wildman–Crippen LogP) is 5.34. The third kappa shape index (κ3) is 5.57. The van der Waals surface area contributed by atoms with Crippen LogP contribution in [0.3, 0.4) is 0 Å². The zero-order chi connectivity index (χ0) is 24.9. The Kier molecular flexibility index (Phi) is 8.19. The molecule has 6 nitrogen and oxygen atoms in total. The van der Waals surface area contributed by atoms with Gasteiger partial charge in [0.2, 0.25) is 0 Å². The molecule has 184 valence electrons.